The summed E-state index contributed by atoms with van der Waals surface area (Å²) in [6, 6.07) is 41.1. The van der Waals surface area contributed by atoms with E-state index in [0.29, 0.717) is 0 Å². The first-order valence-electron chi connectivity index (χ1n) is 10.5. The second kappa shape index (κ2) is 10.7. The Morgan fingerprint density at radius 3 is 1.38 bits per heavy atom. The zero-order chi connectivity index (χ0) is 21.7. The van der Waals surface area contributed by atoms with E-state index in [0.717, 1.165) is 11.8 Å². The van der Waals surface area contributed by atoms with Crippen LogP contribution in [0.25, 0.3) is 0 Å². The Kier molecular flexibility index (Phi) is 8.01. The Hall–Kier alpha value is -2.74. The lowest BCUT2D eigenvalue weighted by atomic mass is 10.2. The fourth-order valence-corrected chi connectivity index (χ4v) is 8.29. The molecule has 0 aliphatic rings. The highest BCUT2D eigenvalue weighted by atomic mass is 79.9. The minimum absolute atomic E-state index is 0. The van der Waals surface area contributed by atoms with E-state index in [4.69, 9.17) is 0 Å². The average molecular weight is 504 g/mol. The number of hydrogen-bond acceptors (Lipinski definition) is 1. The molecule has 0 radical (unpaired) electrons. The molecule has 0 aliphatic heterocycles. The van der Waals surface area contributed by atoms with Gasteiger partial charge in [-0.1, -0.05) is 66.7 Å². The first-order valence-corrected chi connectivity index (χ1v) is 12.5. The van der Waals surface area contributed by atoms with Crippen molar-refractivity contribution in [2.45, 2.75) is 13.1 Å². The average Bonchev–Trinajstić information content (AvgIpc) is 2.84. The number of halogens is 1. The summed E-state index contributed by atoms with van der Waals surface area (Å²) in [5, 5.41) is 4.12. The standard InChI is InChI=1S/C28H27NOP.BrH/c1-23(30)29(2)25-20-18-24(19-21-25)22-31(26-12-6-3-7-13-26,27-14-8-4-9-15-27)28-16-10-5-11-17-28;/h3-21H,22H2,1-2H3;1H/q+1;/p-1. The molecule has 2 nitrogen and oxygen atoms in total. The van der Waals surface area contributed by atoms with Crippen molar-refractivity contribution in [3.8, 4) is 0 Å². The van der Waals surface area contributed by atoms with Gasteiger partial charge in [0.1, 0.15) is 23.2 Å². The van der Waals surface area contributed by atoms with Crippen LogP contribution < -0.4 is 37.8 Å². The Balaban J connectivity index is 0.00000289. The molecule has 4 aromatic rings. The maximum Gasteiger partial charge on any atom is 0.223 e. The number of hydrogen-bond donors (Lipinski definition) is 0. The molecule has 0 aromatic heterocycles. The fourth-order valence-electron chi connectivity index (χ4n) is 4.05. The maximum atomic E-state index is 11.7. The molecule has 4 rings (SSSR count). The van der Waals surface area contributed by atoms with Crippen molar-refractivity contribution in [2.24, 2.45) is 0 Å². The van der Waals surface area contributed by atoms with Gasteiger partial charge in [-0.2, -0.15) is 0 Å². The maximum absolute atomic E-state index is 11.7. The first-order chi connectivity index (χ1) is 15.1. The Bertz CT molecular complexity index is 1040. The smallest absolute Gasteiger partial charge is 0.223 e. The van der Waals surface area contributed by atoms with E-state index in [1.807, 2.05) is 19.2 Å². The van der Waals surface area contributed by atoms with Gasteiger partial charge in [-0.3, -0.25) is 4.79 Å². The van der Waals surface area contributed by atoms with Crippen molar-refractivity contribution in [1.29, 1.82) is 0 Å². The lowest BCUT2D eigenvalue weighted by Crippen LogP contribution is -3.00. The number of benzene rings is 4. The van der Waals surface area contributed by atoms with Gasteiger partial charge in [-0.15, -0.1) is 0 Å². The van der Waals surface area contributed by atoms with Crippen LogP contribution in [0.2, 0.25) is 0 Å². The van der Waals surface area contributed by atoms with Crippen molar-refractivity contribution >= 4 is 34.8 Å². The largest absolute Gasteiger partial charge is 1.00 e. The lowest BCUT2D eigenvalue weighted by molar-refractivity contribution is -0.116. The van der Waals surface area contributed by atoms with Crippen LogP contribution in [0.4, 0.5) is 5.69 Å². The number of carbonyl (C=O) groups is 1. The Morgan fingerprint density at radius 2 is 1.03 bits per heavy atom. The summed E-state index contributed by atoms with van der Waals surface area (Å²) in [7, 11) is -0.102. The summed E-state index contributed by atoms with van der Waals surface area (Å²) in [4.78, 5) is 13.4. The normalized spacial score (nSPS) is 10.8. The summed E-state index contributed by atoms with van der Waals surface area (Å²) in [6.45, 7) is 1.59. The zero-order valence-electron chi connectivity index (χ0n) is 18.4. The van der Waals surface area contributed by atoms with Gasteiger partial charge >= 0.3 is 0 Å². The van der Waals surface area contributed by atoms with Crippen molar-refractivity contribution in [3.05, 3.63) is 121 Å². The molecule has 4 aromatic carbocycles. The van der Waals surface area contributed by atoms with Gasteiger partial charge < -0.3 is 21.9 Å². The van der Waals surface area contributed by atoms with Crippen molar-refractivity contribution in [2.75, 3.05) is 11.9 Å². The van der Waals surface area contributed by atoms with Gasteiger partial charge in [0, 0.05) is 19.7 Å². The summed E-state index contributed by atoms with van der Waals surface area (Å²) in [5.74, 6) is 0.0347. The molecule has 0 atom stereocenters. The zero-order valence-corrected chi connectivity index (χ0v) is 20.8. The number of rotatable bonds is 6. The van der Waals surface area contributed by atoms with E-state index in [9.17, 15) is 4.79 Å². The van der Waals surface area contributed by atoms with Crippen molar-refractivity contribution in [1.82, 2.24) is 0 Å². The van der Waals surface area contributed by atoms with E-state index in [-0.39, 0.29) is 22.9 Å². The third kappa shape index (κ3) is 4.85. The van der Waals surface area contributed by atoms with Gasteiger partial charge in [0.15, 0.2) is 0 Å². The predicted octanol–water partition coefficient (Wildman–Crippen LogP) is 2.17. The topological polar surface area (TPSA) is 20.3 Å². The molecular weight excluding hydrogens is 477 g/mol. The van der Waals surface area contributed by atoms with Crippen LogP contribution in [0.1, 0.15) is 12.5 Å². The van der Waals surface area contributed by atoms with Crippen molar-refractivity contribution < 1.29 is 21.8 Å². The molecule has 4 heteroatoms. The highest BCUT2D eigenvalue weighted by Crippen LogP contribution is 2.58. The second-order valence-electron chi connectivity index (χ2n) is 7.72. The molecule has 32 heavy (non-hydrogen) atoms. The van der Waals surface area contributed by atoms with E-state index in [2.05, 4.69) is 103 Å². The van der Waals surface area contributed by atoms with Crippen LogP contribution in [-0.4, -0.2) is 13.0 Å². The third-order valence-corrected chi connectivity index (χ3v) is 10.2. The number of nitrogens with zero attached hydrogens (tertiary/aromatic N) is 1. The van der Waals surface area contributed by atoms with E-state index in [1.54, 1.807) is 11.8 Å². The lowest BCUT2D eigenvalue weighted by Gasteiger charge is -2.28. The van der Waals surface area contributed by atoms with Crippen LogP contribution >= 0.6 is 7.26 Å². The number of anilines is 1. The molecule has 0 spiro atoms. The van der Waals surface area contributed by atoms with Gasteiger partial charge in [-0.05, 0) is 54.1 Å². The van der Waals surface area contributed by atoms with Crippen molar-refractivity contribution in [3.63, 3.8) is 0 Å². The van der Waals surface area contributed by atoms with Gasteiger partial charge in [0.2, 0.25) is 5.91 Å². The molecule has 0 bridgehead atoms. The molecular formula is C28H27BrNOP. The molecule has 0 unspecified atom stereocenters. The Labute approximate surface area is 202 Å². The second-order valence-corrected chi connectivity index (χ2v) is 11.2. The number of amides is 1. The third-order valence-electron chi connectivity index (χ3n) is 5.81. The molecule has 0 fully saturated rings. The molecule has 0 N–H and O–H groups in total. The van der Waals surface area contributed by atoms with E-state index in [1.165, 1.54) is 21.5 Å². The summed E-state index contributed by atoms with van der Waals surface area (Å²) >= 11 is 0. The first kappa shape index (κ1) is 23.9. The van der Waals surface area contributed by atoms with Gasteiger partial charge in [0.25, 0.3) is 0 Å². The van der Waals surface area contributed by atoms with Crippen LogP contribution in [0.3, 0.4) is 0 Å². The van der Waals surface area contributed by atoms with Crippen LogP contribution in [0.5, 0.6) is 0 Å². The molecule has 0 aliphatic carbocycles. The van der Waals surface area contributed by atoms with Gasteiger partial charge in [-0.25, -0.2) is 0 Å². The quantitative estimate of drug-likeness (QED) is 0.369. The highest BCUT2D eigenvalue weighted by Gasteiger charge is 2.45. The molecule has 162 valence electrons. The summed E-state index contributed by atoms with van der Waals surface area (Å²) in [5.41, 5.74) is 2.19. The predicted molar refractivity (Wildman–Crippen MR) is 134 cm³/mol. The van der Waals surface area contributed by atoms with E-state index >= 15 is 0 Å². The minimum atomic E-state index is -1.91. The van der Waals surface area contributed by atoms with Crippen LogP contribution in [0.15, 0.2) is 115 Å². The Morgan fingerprint density at radius 1 is 0.656 bits per heavy atom. The van der Waals surface area contributed by atoms with Crippen LogP contribution in [0, 0.1) is 0 Å². The SMILES string of the molecule is CC(=O)N(C)c1ccc(C[P+](c2ccccc2)(c2ccccc2)c2ccccc2)cc1.[Br-]. The molecule has 0 heterocycles. The molecule has 0 saturated heterocycles. The fraction of sp³-hybridized carbons (Fsp3) is 0.107. The summed E-state index contributed by atoms with van der Waals surface area (Å²) in [6.07, 6.45) is 0.926. The van der Waals surface area contributed by atoms with Gasteiger partial charge in [0.05, 0.1) is 6.16 Å². The molecule has 0 saturated carbocycles. The monoisotopic (exact) mass is 503 g/mol. The summed E-state index contributed by atoms with van der Waals surface area (Å²) < 4.78 is 0. The highest BCUT2D eigenvalue weighted by molar-refractivity contribution is 7.95. The van der Waals surface area contributed by atoms with E-state index < -0.39 is 7.26 Å². The minimum Gasteiger partial charge on any atom is -1.00 e. The molecule has 1 amide bonds. The van der Waals surface area contributed by atoms with Crippen LogP contribution in [-0.2, 0) is 11.0 Å². The number of carbonyl (C=O) groups excluding carboxylic acids is 1.